The molecule has 0 atom stereocenters. The molecule has 1 aromatic carbocycles. The number of carbonyl (C=O) groups is 1. The molecule has 0 saturated heterocycles. The lowest BCUT2D eigenvalue weighted by Gasteiger charge is -2.07. The number of hydrogen-bond donors (Lipinski definition) is 1. The highest BCUT2D eigenvalue weighted by Crippen LogP contribution is 2.21. The number of aryl methyl sites for hydroxylation is 1. The smallest absolute Gasteiger partial charge is 0.264 e. The molecular weight excluding hydrogens is 386 g/mol. The van der Waals surface area contributed by atoms with Crippen molar-refractivity contribution in [2.45, 2.75) is 17.0 Å². The number of amides is 1. The lowest BCUT2D eigenvalue weighted by Crippen LogP contribution is -2.32. The number of rotatable bonds is 6. The van der Waals surface area contributed by atoms with Crippen molar-refractivity contribution in [2.24, 2.45) is 7.05 Å². The minimum atomic E-state index is -3.89. The topological polar surface area (TPSA) is 107 Å². The first kappa shape index (κ1) is 19.1. The highest BCUT2D eigenvalue weighted by molar-refractivity contribution is 8.00. The minimum Gasteiger partial charge on any atom is -0.304 e. The van der Waals surface area contributed by atoms with Crippen LogP contribution in [0.4, 0.5) is 0 Å². The predicted molar refractivity (Wildman–Crippen MR) is 101 cm³/mol. The fraction of sp³-hybridized carbons (Fsp3) is 0.176. The maximum Gasteiger partial charge on any atom is 0.264 e. The molecule has 8 nitrogen and oxygen atoms in total. The summed E-state index contributed by atoms with van der Waals surface area (Å²) in [6.07, 6.45) is 1.65. The van der Waals surface area contributed by atoms with E-state index in [9.17, 15) is 13.2 Å². The van der Waals surface area contributed by atoms with E-state index in [4.69, 9.17) is 0 Å². The number of sulfonamides is 1. The molecule has 0 radical (unpaired) electrons. The maximum atomic E-state index is 12.2. The molecule has 10 heteroatoms. The molecule has 0 saturated carbocycles. The SMILES string of the molecule is Cc1ccc(S(=O)(=O)NC(=O)CSc2nnc(-c3ccccn3)n2C)cc1. The van der Waals surface area contributed by atoms with Gasteiger partial charge in [-0.15, -0.1) is 10.2 Å². The molecule has 0 bridgehead atoms. The number of thioether (sulfide) groups is 1. The molecule has 0 aliphatic carbocycles. The molecule has 1 amide bonds. The average Bonchev–Trinajstić information content (AvgIpc) is 3.01. The maximum absolute atomic E-state index is 12.2. The Hall–Kier alpha value is -2.72. The van der Waals surface area contributed by atoms with Crippen LogP contribution in [0.1, 0.15) is 5.56 Å². The van der Waals surface area contributed by atoms with Gasteiger partial charge in [-0.3, -0.25) is 9.78 Å². The third-order valence-electron chi connectivity index (χ3n) is 3.64. The number of benzene rings is 1. The fourth-order valence-electron chi connectivity index (χ4n) is 2.24. The Bertz CT molecular complexity index is 1050. The summed E-state index contributed by atoms with van der Waals surface area (Å²) >= 11 is 1.09. The van der Waals surface area contributed by atoms with E-state index in [1.165, 1.54) is 12.1 Å². The van der Waals surface area contributed by atoms with E-state index < -0.39 is 15.9 Å². The summed E-state index contributed by atoms with van der Waals surface area (Å²) in [5, 5.41) is 8.59. The standard InChI is InChI=1S/C17H17N5O3S2/c1-12-6-8-13(9-7-12)27(24,25)21-15(23)11-26-17-20-19-16(22(17)2)14-5-3-4-10-18-14/h3-10H,11H2,1-2H3,(H,21,23). The van der Waals surface area contributed by atoms with Gasteiger partial charge < -0.3 is 4.57 Å². The van der Waals surface area contributed by atoms with Crippen molar-refractivity contribution >= 4 is 27.7 Å². The Kier molecular flexibility index (Phi) is 5.57. The van der Waals surface area contributed by atoms with Gasteiger partial charge in [0.1, 0.15) is 5.69 Å². The van der Waals surface area contributed by atoms with Crippen LogP contribution < -0.4 is 4.72 Å². The molecular formula is C17H17N5O3S2. The van der Waals surface area contributed by atoms with Crippen LogP contribution in [0.2, 0.25) is 0 Å². The Morgan fingerprint density at radius 1 is 1.15 bits per heavy atom. The molecule has 1 N–H and O–H groups in total. The predicted octanol–water partition coefficient (Wildman–Crippen LogP) is 1.78. The van der Waals surface area contributed by atoms with Crippen molar-refractivity contribution in [3.05, 3.63) is 54.2 Å². The van der Waals surface area contributed by atoms with Gasteiger partial charge in [-0.25, -0.2) is 13.1 Å². The van der Waals surface area contributed by atoms with Crippen molar-refractivity contribution in [1.29, 1.82) is 0 Å². The van der Waals surface area contributed by atoms with Crippen LogP contribution in [0.5, 0.6) is 0 Å². The fourth-order valence-corrected chi connectivity index (χ4v) is 4.03. The van der Waals surface area contributed by atoms with Crippen LogP contribution in [0.15, 0.2) is 58.7 Å². The Balaban J connectivity index is 1.64. The molecule has 3 rings (SSSR count). The van der Waals surface area contributed by atoms with E-state index in [-0.39, 0.29) is 10.6 Å². The summed E-state index contributed by atoms with van der Waals surface area (Å²) in [6, 6.07) is 11.7. The van der Waals surface area contributed by atoms with Crippen LogP contribution in [0, 0.1) is 6.92 Å². The van der Waals surface area contributed by atoms with Gasteiger partial charge in [0, 0.05) is 13.2 Å². The van der Waals surface area contributed by atoms with Gasteiger partial charge in [-0.05, 0) is 31.2 Å². The van der Waals surface area contributed by atoms with Gasteiger partial charge in [0.25, 0.3) is 10.0 Å². The first-order chi connectivity index (χ1) is 12.9. The van der Waals surface area contributed by atoms with Gasteiger partial charge in [0.2, 0.25) is 5.91 Å². The summed E-state index contributed by atoms with van der Waals surface area (Å²) in [4.78, 5) is 16.3. The number of hydrogen-bond acceptors (Lipinski definition) is 7. The molecule has 3 aromatic rings. The van der Waals surface area contributed by atoms with E-state index >= 15 is 0 Å². The zero-order valence-electron chi connectivity index (χ0n) is 14.7. The van der Waals surface area contributed by atoms with E-state index in [1.54, 1.807) is 42.1 Å². The first-order valence-electron chi connectivity index (χ1n) is 7.93. The molecule has 0 unspecified atom stereocenters. The zero-order valence-corrected chi connectivity index (χ0v) is 16.3. The molecule has 2 heterocycles. The highest BCUT2D eigenvalue weighted by atomic mass is 32.2. The number of nitrogens with zero attached hydrogens (tertiary/aromatic N) is 4. The molecule has 140 valence electrons. The number of nitrogens with one attached hydrogen (secondary N) is 1. The van der Waals surface area contributed by atoms with Crippen molar-refractivity contribution in [3.63, 3.8) is 0 Å². The summed E-state index contributed by atoms with van der Waals surface area (Å²) in [5.74, 6) is -0.187. The van der Waals surface area contributed by atoms with Crippen molar-refractivity contribution in [3.8, 4) is 11.5 Å². The minimum absolute atomic E-state index is 0.0440. The molecule has 0 fully saturated rings. The van der Waals surface area contributed by atoms with Gasteiger partial charge >= 0.3 is 0 Å². The van der Waals surface area contributed by atoms with Crippen LogP contribution in [0.25, 0.3) is 11.5 Å². The van der Waals surface area contributed by atoms with Gasteiger partial charge in [0.15, 0.2) is 11.0 Å². The first-order valence-corrected chi connectivity index (χ1v) is 10.4. The molecule has 2 aromatic heterocycles. The molecule has 0 aliphatic rings. The Labute approximate surface area is 161 Å². The van der Waals surface area contributed by atoms with Gasteiger partial charge in [-0.1, -0.05) is 35.5 Å². The summed E-state index contributed by atoms with van der Waals surface area (Å²) in [6.45, 7) is 1.85. The number of carbonyl (C=O) groups excluding carboxylic acids is 1. The van der Waals surface area contributed by atoms with Gasteiger partial charge in [-0.2, -0.15) is 0 Å². The van der Waals surface area contributed by atoms with Gasteiger partial charge in [0.05, 0.1) is 10.6 Å². The lowest BCUT2D eigenvalue weighted by molar-refractivity contribution is -0.116. The van der Waals surface area contributed by atoms with Crippen molar-refractivity contribution in [2.75, 3.05) is 5.75 Å². The monoisotopic (exact) mass is 403 g/mol. The third kappa shape index (κ3) is 4.52. The van der Waals surface area contributed by atoms with Crippen molar-refractivity contribution < 1.29 is 13.2 Å². The summed E-state index contributed by atoms with van der Waals surface area (Å²) in [5.41, 5.74) is 1.59. The molecule has 0 aliphatic heterocycles. The average molecular weight is 403 g/mol. The van der Waals surface area contributed by atoms with E-state index in [0.717, 1.165) is 17.3 Å². The van der Waals surface area contributed by atoms with E-state index in [0.29, 0.717) is 16.7 Å². The number of pyridine rings is 1. The van der Waals surface area contributed by atoms with Crippen LogP contribution in [-0.4, -0.2) is 39.8 Å². The van der Waals surface area contributed by atoms with Crippen molar-refractivity contribution in [1.82, 2.24) is 24.5 Å². The second-order valence-electron chi connectivity index (χ2n) is 5.71. The van der Waals surface area contributed by atoms with Crippen LogP contribution in [-0.2, 0) is 21.9 Å². The largest absolute Gasteiger partial charge is 0.304 e. The second-order valence-corrected chi connectivity index (χ2v) is 8.34. The lowest BCUT2D eigenvalue weighted by atomic mass is 10.2. The van der Waals surface area contributed by atoms with E-state index in [1.807, 2.05) is 13.0 Å². The van der Waals surface area contributed by atoms with Crippen LogP contribution >= 0.6 is 11.8 Å². The zero-order chi connectivity index (χ0) is 19.4. The number of aromatic nitrogens is 4. The third-order valence-corrected chi connectivity index (χ3v) is 6.05. The summed E-state index contributed by atoms with van der Waals surface area (Å²) < 4.78 is 28.2. The normalized spacial score (nSPS) is 11.3. The second kappa shape index (κ2) is 7.89. The Morgan fingerprint density at radius 2 is 1.89 bits per heavy atom. The quantitative estimate of drug-likeness (QED) is 0.625. The van der Waals surface area contributed by atoms with E-state index in [2.05, 4.69) is 19.9 Å². The Morgan fingerprint density at radius 3 is 2.56 bits per heavy atom. The highest BCUT2D eigenvalue weighted by Gasteiger charge is 2.19. The van der Waals surface area contributed by atoms with Crippen LogP contribution in [0.3, 0.4) is 0 Å². The summed E-state index contributed by atoms with van der Waals surface area (Å²) in [7, 11) is -2.14. The molecule has 0 spiro atoms. The molecule has 27 heavy (non-hydrogen) atoms.